The maximum Gasteiger partial charge on any atom is 0.241 e. The molecule has 0 bridgehead atoms. The molecule has 0 aliphatic carbocycles. The van der Waals surface area contributed by atoms with Crippen molar-refractivity contribution in [2.75, 3.05) is 5.73 Å². The Morgan fingerprint density at radius 3 is 2.44 bits per heavy atom. The van der Waals surface area contributed by atoms with E-state index in [0.717, 1.165) is 0 Å². The number of benzene rings is 1. The Morgan fingerprint density at radius 1 is 1.39 bits per heavy atom. The van der Waals surface area contributed by atoms with Crippen LogP contribution in [0.15, 0.2) is 17.0 Å². The number of aryl methyl sites for hydroxylation is 1. The monoisotopic (exact) mass is 290 g/mol. The molecule has 0 atom stereocenters. The zero-order valence-electron chi connectivity index (χ0n) is 11.0. The smallest absolute Gasteiger partial charge is 0.241 e. The van der Waals surface area contributed by atoms with Crippen LogP contribution in [0.1, 0.15) is 32.8 Å². The Bertz CT molecular complexity index is 553. The SMILES string of the molecule is CCC(C)(C)NS(=O)(=O)c1cc(N)c(Cl)cc1C. The highest BCUT2D eigenvalue weighted by Gasteiger charge is 2.26. The van der Waals surface area contributed by atoms with E-state index in [-0.39, 0.29) is 10.6 Å². The lowest BCUT2D eigenvalue weighted by Crippen LogP contribution is -2.42. The number of anilines is 1. The van der Waals surface area contributed by atoms with Crippen molar-refractivity contribution in [3.8, 4) is 0 Å². The summed E-state index contributed by atoms with van der Waals surface area (Å²) < 4.78 is 27.2. The molecule has 0 radical (unpaired) electrons. The van der Waals surface area contributed by atoms with Crippen LogP contribution < -0.4 is 10.5 Å². The summed E-state index contributed by atoms with van der Waals surface area (Å²) in [4.78, 5) is 0.172. The van der Waals surface area contributed by atoms with E-state index in [1.165, 1.54) is 6.07 Å². The molecule has 6 heteroatoms. The second-order valence-corrected chi connectivity index (χ2v) is 7.04. The molecular weight excluding hydrogens is 272 g/mol. The molecule has 3 N–H and O–H groups in total. The van der Waals surface area contributed by atoms with Crippen molar-refractivity contribution in [1.29, 1.82) is 0 Å². The minimum absolute atomic E-state index is 0.172. The topological polar surface area (TPSA) is 72.2 Å². The van der Waals surface area contributed by atoms with Gasteiger partial charge in [-0.25, -0.2) is 13.1 Å². The standard InChI is InChI=1S/C12H19ClN2O2S/c1-5-12(3,4)15-18(16,17)11-7-10(14)9(13)6-8(11)2/h6-7,15H,5,14H2,1-4H3. The lowest BCUT2D eigenvalue weighted by atomic mass is 10.0. The van der Waals surface area contributed by atoms with Crippen LogP contribution in [0.3, 0.4) is 0 Å². The summed E-state index contributed by atoms with van der Waals surface area (Å²) in [5.74, 6) is 0. The van der Waals surface area contributed by atoms with Gasteiger partial charge in [0.25, 0.3) is 0 Å². The zero-order chi connectivity index (χ0) is 14.1. The first-order chi connectivity index (χ1) is 8.09. The van der Waals surface area contributed by atoms with E-state index in [1.807, 2.05) is 20.8 Å². The molecule has 0 saturated heterocycles. The van der Waals surface area contributed by atoms with E-state index in [9.17, 15) is 8.42 Å². The second-order valence-electron chi connectivity index (χ2n) is 4.98. The molecule has 0 unspecified atom stereocenters. The molecule has 0 amide bonds. The molecule has 0 heterocycles. The van der Waals surface area contributed by atoms with Gasteiger partial charge in [0.15, 0.2) is 0 Å². The molecule has 18 heavy (non-hydrogen) atoms. The summed E-state index contributed by atoms with van der Waals surface area (Å²) in [6, 6.07) is 2.95. The number of hydrogen-bond acceptors (Lipinski definition) is 3. The van der Waals surface area contributed by atoms with Gasteiger partial charge in [0.05, 0.1) is 15.6 Å². The van der Waals surface area contributed by atoms with Crippen LogP contribution >= 0.6 is 11.6 Å². The maximum absolute atomic E-state index is 12.3. The van der Waals surface area contributed by atoms with Gasteiger partial charge in [0.2, 0.25) is 10.0 Å². The minimum atomic E-state index is -3.59. The third-order valence-electron chi connectivity index (χ3n) is 2.88. The third-order valence-corrected chi connectivity index (χ3v) is 5.05. The van der Waals surface area contributed by atoms with E-state index in [1.54, 1.807) is 13.0 Å². The van der Waals surface area contributed by atoms with Gasteiger partial charge in [-0.1, -0.05) is 18.5 Å². The molecule has 0 saturated carbocycles. The van der Waals surface area contributed by atoms with Crippen molar-refractivity contribution in [2.45, 2.75) is 44.6 Å². The molecule has 1 aromatic carbocycles. The summed E-state index contributed by atoms with van der Waals surface area (Å²) in [5, 5.41) is 0.362. The summed E-state index contributed by atoms with van der Waals surface area (Å²) in [5.41, 5.74) is 6.00. The predicted octanol–water partition coefficient (Wildman–Crippen LogP) is 2.70. The van der Waals surface area contributed by atoms with E-state index >= 15 is 0 Å². The van der Waals surface area contributed by atoms with Gasteiger partial charge in [-0.2, -0.15) is 0 Å². The minimum Gasteiger partial charge on any atom is -0.397 e. The first-order valence-electron chi connectivity index (χ1n) is 5.68. The highest BCUT2D eigenvalue weighted by molar-refractivity contribution is 7.89. The van der Waals surface area contributed by atoms with Crippen molar-refractivity contribution in [2.24, 2.45) is 0 Å². The average Bonchev–Trinajstić information content (AvgIpc) is 2.21. The van der Waals surface area contributed by atoms with Crippen LogP contribution in [-0.4, -0.2) is 14.0 Å². The van der Waals surface area contributed by atoms with E-state index in [2.05, 4.69) is 4.72 Å². The fraction of sp³-hybridized carbons (Fsp3) is 0.500. The molecule has 0 aliphatic heterocycles. The molecule has 0 aromatic heterocycles. The average molecular weight is 291 g/mol. The molecule has 4 nitrogen and oxygen atoms in total. The van der Waals surface area contributed by atoms with E-state index in [4.69, 9.17) is 17.3 Å². The van der Waals surface area contributed by atoms with Gasteiger partial charge in [0, 0.05) is 5.54 Å². The summed E-state index contributed by atoms with van der Waals surface area (Å²) in [6.45, 7) is 7.28. The number of halogens is 1. The fourth-order valence-electron chi connectivity index (χ4n) is 1.45. The second kappa shape index (κ2) is 5.07. The quantitative estimate of drug-likeness (QED) is 0.838. The summed E-state index contributed by atoms with van der Waals surface area (Å²) >= 11 is 5.86. The Balaban J connectivity index is 3.26. The molecule has 1 rings (SSSR count). The van der Waals surface area contributed by atoms with Crippen LogP contribution in [0.25, 0.3) is 0 Å². The normalized spacial score (nSPS) is 12.7. The maximum atomic E-state index is 12.3. The molecule has 0 aliphatic rings. The van der Waals surface area contributed by atoms with Crippen molar-refractivity contribution in [3.63, 3.8) is 0 Å². The van der Waals surface area contributed by atoms with Crippen molar-refractivity contribution >= 4 is 27.3 Å². The third kappa shape index (κ3) is 3.37. The first kappa shape index (κ1) is 15.3. The Labute approximate surface area is 114 Å². The molecule has 0 fully saturated rings. The Kier molecular flexibility index (Phi) is 4.30. The number of hydrogen-bond donors (Lipinski definition) is 2. The number of nitrogens with two attached hydrogens (primary N) is 1. The summed E-state index contributed by atoms with van der Waals surface area (Å²) in [7, 11) is -3.59. The van der Waals surface area contributed by atoms with Gasteiger partial charge in [0.1, 0.15) is 0 Å². The lowest BCUT2D eigenvalue weighted by Gasteiger charge is -2.24. The van der Waals surface area contributed by atoms with Gasteiger partial charge < -0.3 is 5.73 Å². The largest absolute Gasteiger partial charge is 0.397 e. The molecular formula is C12H19ClN2O2S. The highest BCUT2D eigenvalue weighted by atomic mass is 35.5. The molecule has 102 valence electrons. The van der Waals surface area contributed by atoms with Gasteiger partial charge >= 0.3 is 0 Å². The van der Waals surface area contributed by atoms with Crippen molar-refractivity contribution in [1.82, 2.24) is 4.72 Å². The van der Waals surface area contributed by atoms with Crippen LogP contribution in [-0.2, 0) is 10.0 Å². The molecule has 1 aromatic rings. The fourth-order valence-corrected chi connectivity index (χ4v) is 3.41. The Hall–Kier alpha value is -0.780. The van der Waals surface area contributed by atoms with Crippen LogP contribution in [0.5, 0.6) is 0 Å². The first-order valence-corrected chi connectivity index (χ1v) is 7.55. The predicted molar refractivity (Wildman–Crippen MR) is 75.3 cm³/mol. The van der Waals surface area contributed by atoms with Gasteiger partial charge in [-0.05, 0) is 44.9 Å². The van der Waals surface area contributed by atoms with Gasteiger partial charge in [-0.15, -0.1) is 0 Å². The van der Waals surface area contributed by atoms with Crippen molar-refractivity contribution < 1.29 is 8.42 Å². The Morgan fingerprint density at radius 2 is 1.94 bits per heavy atom. The van der Waals surface area contributed by atoms with Gasteiger partial charge in [-0.3, -0.25) is 0 Å². The van der Waals surface area contributed by atoms with Crippen LogP contribution in [0.4, 0.5) is 5.69 Å². The zero-order valence-corrected chi connectivity index (χ0v) is 12.6. The van der Waals surface area contributed by atoms with E-state index < -0.39 is 15.6 Å². The number of rotatable bonds is 4. The lowest BCUT2D eigenvalue weighted by molar-refractivity contribution is 0.439. The highest BCUT2D eigenvalue weighted by Crippen LogP contribution is 2.27. The number of nitrogen functional groups attached to an aromatic ring is 1. The summed E-state index contributed by atoms with van der Waals surface area (Å²) in [6.07, 6.45) is 0.689. The number of nitrogens with one attached hydrogen (secondary N) is 1. The van der Waals surface area contributed by atoms with Crippen LogP contribution in [0, 0.1) is 6.92 Å². The van der Waals surface area contributed by atoms with E-state index in [0.29, 0.717) is 17.0 Å². The number of sulfonamides is 1. The molecule has 0 spiro atoms. The van der Waals surface area contributed by atoms with Crippen molar-refractivity contribution in [3.05, 3.63) is 22.7 Å². The van der Waals surface area contributed by atoms with Crippen LogP contribution in [0.2, 0.25) is 5.02 Å².